The zero-order chi connectivity index (χ0) is 8.27. The minimum absolute atomic E-state index is 0.554. The Kier molecular flexibility index (Phi) is 3.52. The highest BCUT2D eigenvalue weighted by atomic mass is 35.5. The summed E-state index contributed by atoms with van der Waals surface area (Å²) in [6.45, 7) is 0. The van der Waals surface area contributed by atoms with Crippen LogP contribution in [0.25, 0.3) is 0 Å². The molecule has 0 aliphatic carbocycles. The monoisotopic (exact) mass is 207 g/mol. The molecule has 1 aromatic rings. The summed E-state index contributed by atoms with van der Waals surface area (Å²) < 4.78 is 0. The molecule has 0 amide bonds. The minimum atomic E-state index is 0.554. The van der Waals surface area contributed by atoms with Crippen molar-refractivity contribution in [3.05, 3.63) is 28.2 Å². The molecule has 0 bridgehead atoms. The van der Waals surface area contributed by atoms with Crippen LogP contribution in [0.15, 0.2) is 23.1 Å². The third-order valence-corrected chi connectivity index (χ3v) is 2.63. The van der Waals surface area contributed by atoms with E-state index in [1.54, 1.807) is 12.1 Å². The molecule has 0 atom stereocenters. The van der Waals surface area contributed by atoms with E-state index < -0.39 is 0 Å². The fourth-order valence-electron chi connectivity index (χ4n) is 0.663. The molecule has 0 aromatic heterocycles. The number of hydrogen-bond donors (Lipinski definition) is 1. The van der Waals surface area contributed by atoms with Crippen LogP contribution in [0.1, 0.15) is 0 Å². The first-order valence-corrected chi connectivity index (χ1v) is 4.76. The molecule has 0 radical (unpaired) electrons. The molecule has 0 heterocycles. The minimum Gasteiger partial charge on any atom is -0.322 e. The van der Waals surface area contributed by atoms with E-state index >= 15 is 0 Å². The summed E-state index contributed by atoms with van der Waals surface area (Å²) in [6.07, 6.45) is 0. The molecule has 60 valence electrons. The van der Waals surface area contributed by atoms with Crippen molar-refractivity contribution in [2.45, 2.75) is 4.90 Å². The highest BCUT2D eigenvalue weighted by molar-refractivity contribution is 7.99. The van der Waals surface area contributed by atoms with Crippen molar-refractivity contribution < 1.29 is 0 Å². The van der Waals surface area contributed by atoms with E-state index in [2.05, 4.69) is 0 Å². The van der Waals surface area contributed by atoms with Gasteiger partial charge in [0.1, 0.15) is 0 Å². The lowest BCUT2D eigenvalue weighted by molar-refractivity contribution is 1.37. The van der Waals surface area contributed by atoms with Gasteiger partial charge in [-0.1, -0.05) is 23.2 Å². The summed E-state index contributed by atoms with van der Waals surface area (Å²) in [5.41, 5.74) is 5.34. The van der Waals surface area contributed by atoms with Crippen molar-refractivity contribution >= 4 is 35.0 Å². The normalized spacial score (nSPS) is 10.1. The topological polar surface area (TPSA) is 26.0 Å². The Morgan fingerprint density at radius 1 is 1.27 bits per heavy atom. The van der Waals surface area contributed by atoms with Gasteiger partial charge in [0, 0.05) is 10.8 Å². The standard InChI is InChI=1S/C7H7Cl2NS/c8-6-2-1-5(11-4-10)3-7(6)9/h1-3H,4,10H2. The lowest BCUT2D eigenvalue weighted by Gasteiger charge is -1.99. The number of rotatable bonds is 2. The third-order valence-electron chi connectivity index (χ3n) is 1.14. The predicted molar refractivity (Wildman–Crippen MR) is 51.4 cm³/mol. The van der Waals surface area contributed by atoms with Crippen molar-refractivity contribution in [2.75, 3.05) is 5.88 Å². The van der Waals surface area contributed by atoms with Gasteiger partial charge in [-0.3, -0.25) is 0 Å². The summed E-state index contributed by atoms with van der Waals surface area (Å²) in [7, 11) is 0. The molecule has 1 aromatic carbocycles. The van der Waals surface area contributed by atoms with Gasteiger partial charge in [0.15, 0.2) is 0 Å². The van der Waals surface area contributed by atoms with E-state index in [1.165, 1.54) is 11.8 Å². The van der Waals surface area contributed by atoms with Crippen LogP contribution in [0.2, 0.25) is 10.0 Å². The van der Waals surface area contributed by atoms with Crippen LogP contribution >= 0.6 is 35.0 Å². The highest BCUT2D eigenvalue weighted by Gasteiger charge is 1.97. The van der Waals surface area contributed by atoms with Gasteiger partial charge in [0.05, 0.1) is 10.0 Å². The Hall–Kier alpha value is 0.110. The number of hydrogen-bond acceptors (Lipinski definition) is 2. The largest absolute Gasteiger partial charge is 0.322 e. The van der Waals surface area contributed by atoms with Crippen molar-refractivity contribution in [3.63, 3.8) is 0 Å². The smallest absolute Gasteiger partial charge is 0.0603 e. The summed E-state index contributed by atoms with van der Waals surface area (Å²) in [5, 5.41) is 1.15. The zero-order valence-corrected chi connectivity index (χ0v) is 8.01. The Bertz CT molecular complexity index is 252. The Labute approximate surface area is 79.9 Å². The first-order valence-electron chi connectivity index (χ1n) is 3.02. The molecule has 0 unspecified atom stereocenters. The highest BCUT2D eigenvalue weighted by Crippen LogP contribution is 2.26. The molecule has 11 heavy (non-hydrogen) atoms. The molecule has 4 heteroatoms. The number of benzene rings is 1. The van der Waals surface area contributed by atoms with E-state index in [0.29, 0.717) is 15.9 Å². The van der Waals surface area contributed by atoms with E-state index in [4.69, 9.17) is 28.9 Å². The van der Waals surface area contributed by atoms with E-state index in [9.17, 15) is 0 Å². The molecule has 0 spiro atoms. The van der Waals surface area contributed by atoms with Gasteiger partial charge in [-0.15, -0.1) is 11.8 Å². The summed E-state index contributed by atoms with van der Waals surface area (Å²) in [5.74, 6) is 0.554. The quantitative estimate of drug-likeness (QED) is 0.597. The predicted octanol–water partition coefficient (Wildman–Crippen LogP) is 3.00. The maximum Gasteiger partial charge on any atom is 0.0603 e. The summed E-state index contributed by atoms with van der Waals surface area (Å²) >= 11 is 13.0. The van der Waals surface area contributed by atoms with Crippen LogP contribution in [-0.2, 0) is 0 Å². The van der Waals surface area contributed by atoms with Crippen molar-refractivity contribution in [1.82, 2.24) is 0 Å². The second kappa shape index (κ2) is 4.21. The van der Waals surface area contributed by atoms with Crippen LogP contribution in [0.3, 0.4) is 0 Å². The Morgan fingerprint density at radius 3 is 2.55 bits per heavy atom. The van der Waals surface area contributed by atoms with Crippen LogP contribution in [0.4, 0.5) is 0 Å². The lowest BCUT2D eigenvalue weighted by Crippen LogP contribution is -1.91. The van der Waals surface area contributed by atoms with Crippen molar-refractivity contribution in [3.8, 4) is 0 Å². The Morgan fingerprint density at radius 2 is 2.00 bits per heavy atom. The molecule has 1 rings (SSSR count). The molecule has 0 aliphatic heterocycles. The van der Waals surface area contributed by atoms with Crippen LogP contribution in [-0.4, -0.2) is 5.88 Å². The van der Waals surface area contributed by atoms with Gasteiger partial charge in [-0.2, -0.15) is 0 Å². The molecule has 2 N–H and O–H groups in total. The van der Waals surface area contributed by atoms with Gasteiger partial charge >= 0.3 is 0 Å². The third kappa shape index (κ3) is 2.56. The van der Waals surface area contributed by atoms with Crippen molar-refractivity contribution in [2.24, 2.45) is 5.73 Å². The van der Waals surface area contributed by atoms with Gasteiger partial charge < -0.3 is 5.73 Å². The van der Waals surface area contributed by atoms with Gasteiger partial charge in [-0.25, -0.2) is 0 Å². The molecular weight excluding hydrogens is 201 g/mol. The van der Waals surface area contributed by atoms with Crippen molar-refractivity contribution in [1.29, 1.82) is 0 Å². The van der Waals surface area contributed by atoms with E-state index in [1.807, 2.05) is 6.07 Å². The maximum atomic E-state index is 5.76. The first kappa shape index (κ1) is 9.20. The zero-order valence-electron chi connectivity index (χ0n) is 5.68. The fourth-order valence-corrected chi connectivity index (χ4v) is 1.58. The van der Waals surface area contributed by atoms with Crippen LogP contribution < -0.4 is 5.73 Å². The van der Waals surface area contributed by atoms with Crippen LogP contribution in [0.5, 0.6) is 0 Å². The molecule has 0 saturated carbocycles. The lowest BCUT2D eigenvalue weighted by atomic mass is 10.4. The maximum absolute atomic E-state index is 5.76. The van der Waals surface area contributed by atoms with Gasteiger partial charge in [0.2, 0.25) is 0 Å². The van der Waals surface area contributed by atoms with E-state index in [-0.39, 0.29) is 0 Å². The number of nitrogens with two attached hydrogens (primary N) is 1. The molecule has 0 fully saturated rings. The summed E-state index contributed by atoms with van der Waals surface area (Å²) in [4.78, 5) is 1.04. The van der Waals surface area contributed by atoms with Gasteiger partial charge in [0.25, 0.3) is 0 Å². The second-order valence-corrected chi connectivity index (χ2v) is 3.79. The first-order chi connectivity index (χ1) is 5.24. The number of halogens is 2. The Balaban J connectivity index is 2.86. The molecular formula is C7H7Cl2NS. The summed E-state index contributed by atoms with van der Waals surface area (Å²) in [6, 6.07) is 5.47. The molecule has 0 aliphatic rings. The van der Waals surface area contributed by atoms with Crippen LogP contribution in [0, 0.1) is 0 Å². The average Bonchev–Trinajstić information content (AvgIpc) is 1.98. The molecule has 1 nitrogen and oxygen atoms in total. The van der Waals surface area contributed by atoms with E-state index in [0.717, 1.165) is 4.90 Å². The molecule has 0 saturated heterocycles. The SMILES string of the molecule is NCSc1ccc(Cl)c(Cl)c1. The average molecular weight is 208 g/mol. The second-order valence-electron chi connectivity index (χ2n) is 1.89. The fraction of sp³-hybridized carbons (Fsp3) is 0.143. The number of thioether (sulfide) groups is 1. The van der Waals surface area contributed by atoms with Gasteiger partial charge in [-0.05, 0) is 18.2 Å².